The molecule has 5 nitrogen and oxygen atoms in total. The fraction of sp³-hybridized carbons (Fsp3) is 0.316. The van der Waals surface area contributed by atoms with Crippen LogP contribution in [0.5, 0.6) is 0 Å². The highest BCUT2D eigenvalue weighted by Gasteiger charge is 2.31. The lowest BCUT2D eigenvalue weighted by Gasteiger charge is -2.16. The summed E-state index contributed by atoms with van der Waals surface area (Å²) in [5.41, 5.74) is 3.74. The smallest absolute Gasteiger partial charge is 0.253 e. The molecule has 122 valence electrons. The van der Waals surface area contributed by atoms with E-state index in [-0.39, 0.29) is 11.8 Å². The van der Waals surface area contributed by atoms with E-state index in [2.05, 4.69) is 9.55 Å². The highest BCUT2D eigenvalue weighted by Crippen LogP contribution is 2.29. The molecule has 1 aromatic carbocycles. The van der Waals surface area contributed by atoms with Crippen LogP contribution in [-0.4, -0.2) is 38.4 Å². The minimum absolute atomic E-state index is 0.106. The van der Waals surface area contributed by atoms with Crippen LogP contribution < -0.4 is 0 Å². The molecule has 3 heterocycles. The number of aromatic nitrogens is 3. The number of rotatable bonds is 2. The zero-order chi connectivity index (χ0) is 16.7. The molecule has 3 aromatic rings. The second kappa shape index (κ2) is 5.74. The molecule has 1 saturated heterocycles. The van der Waals surface area contributed by atoms with E-state index >= 15 is 0 Å². The van der Waals surface area contributed by atoms with Crippen molar-refractivity contribution in [2.75, 3.05) is 13.1 Å². The Labute approximate surface area is 140 Å². The number of pyridine rings is 1. The summed E-state index contributed by atoms with van der Waals surface area (Å²) >= 11 is 0. The van der Waals surface area contributed by atoms with Crippen LogP contribution in [0, 0.1) is 6.92 Å². The zero-order valence-corrected chi connectivity index (χ0v) is 13.9. The van der Waals surface area contributed by atoms with Gasteiger partial charge in [0.05, 0.1) is 0 Å². The number of benzene rings is 1. The molecule has 1 fully saturated rings. The van der Waals surface area contributed by atoms with Gasteiger partial charge in [0, 0.05) is 37.8 Å². The van der Waals surface area contributed by atoms with E-state index in [4.69, 9.17) is 4.98 Å². The van der Waals surface area contributed by atoms with Gasteiger partial charge in [-0.2, -0.15) is 0 Å². The van der Waals surface area contributed by atoms with Crippen LogP contribution in [0.1, 0.15) is 34.1 Å². The normalized spacial score (nSPS) is 17.6. The lowest BCUT2D eigenvalue weighted by molar-refractivity contribution is 0.0790. The van der Waals surface area contributed by atoms with Crippen LogP contribution >= 0.6 is 0 Å². The van der Waals surface area contributed by atoms with E-state index in [0.29, 0.717) is 6.54 Å². The number of imidazole rings is 1. The van der Waals surface area contributed by atoms with Gasteiger partial charge in [0.1, 0.15) is 11.3 Å². The molecule has 1 aliphatic heterocycles. The molecular weight excluding hydrogens is 300 g/mol. The fourth-order valence-corrected chi connectivity index (χ4v) is 3.44. The Bertz CT molecular complexity index is 897. The van der Waals surface area contributed by atoms with Crippen molar-refractivity contribution in [1.29, 1.82) is 0 Å². The molecule has 5 heteroatoms. The third kappa shape index (κ3) is 2.46. The fourth-order valence-electron chi connectivity index (χ4n) is 3.44. The first-order valence-corrected chi connectivity index (χ1v) is 8.27. The lowest BCUT2D eigenvalue weighted by Crippen LogP contribution is -2.28. The summed E-state index contributed by atoms with van der Waals surface area (Å²) in [6, 6.07) is 11.7. The zero-order valence-electron chi connectivity index (χ0n) is 13.9. The molecular formula is C19H20N4O. The van der Waals surface area contributed by atoms with Crippen molar-refractivity contribution in [2.24, 2.45) is 7.05 Å². The molecule has 0 bridgehead atoms. The van der Waals surface area contributed by atoms with Crippen molar-refractivity contribution < 1.29 is 4.79 Å². The number of hydrogen-bond donors (Lipinski definition) is 0. The minimum Gasteiger partial charge on any atom is -0.338 e. The Balaban J connectivity index is 1.56. The van der Waals surface area contributed by atoms with Gasteiger partial charge in [0.15, 0.2) is 5.65 Å². The van der Waals surface area contributed by atoms with E-state index in [1.165, 1.54) is 0 Å². The van der Waals surface area contributed by atoms with Crippen LogP contribution in [0.3, 0.4) is 0 Å². The third-order valence-corrected chi connectivity index (χ3v) is 4.80. The van der Waals surface area contributed by atoms with E-state index in [1.807, 2.05) is 55.3 Å². The molecule has 0 saturated carbocycles. The van der Waals surface area contributed by atoms with Crippen molar-refractivity contribution in [3.8, 4) is 0 Å². The SMILES string of the molecule is Cc1ccc(C(=O)N2CCC(c3nc4cccnc4n3C)C2)cc1. The van der Waals surface area contributed by atoms with Gasteiger partial charge in [-0.1, -0.05) is 17.7 Å². The van der Waals surface area contributed by atoms with Gasteiger partial charge in [0.25, 0.3) is 5.91 Å². The lowest BCUT2D eigenvalue weighted by atomic mass is 10.1. The molecule has 0 N–H and O–H groups in total. The number of fused-ring (bicyclic) bond motifs is 1. The number of hydrogen-bond acceptors (Lipinski definition) is 3. The number of nitrogens with zero attached hydrogens (tertiary/aromatic N) is 4. The number of aryl methyl sites for hydroxylation is 2. The first-order valence-electron chi connectivity index (χ1n) is 8.27. The summed E-state index contributed by atoms with van der Waals surface area (Å²) < 4.78 is 2.06. The van der Waals surface area contributed by atoms with Crippen LogP contribution in [0.15, 0.2) is 42.6 Å². The average Bonchev–Trinajstić information content (AvgIpc) is 3.20. The summed E-state index contributed by atoms with van der Waals surface area (Å²) in [4.78, 5) is 23.7. The molecule has 1 aliphatic rings. The maximum atomic E-state index is 12.7. The van der Waals surface area contributed by atoms with Crippen molar-refractivity contribution in [3.63, 3.8) is 0 Å². The summed E-state index contributed by atoms with van der Waals surface area (Å²) in [6.45, 7) is 3.51. The van der Waals surface area contributed by atoms with Gasteiger partial charge in [-0.3, -0.25) is 4.79 Å². The molecule has 0 aliphatic carbocycles. The van der Waals surface area contributed by atoms with Gasteiger partial charge in [0.2, 0.25) is 0 Å². The minimum atomic E-state index is 0.106. The topological polar surface area (TPSA) is 51.0 Å². The number of amides is 1. The quantitative estimate of drug-likeness (QED) is 0.729. The monoisotopic (exact) mass is 320 g/mol. The maximum Gasteiger partial charge on any atom is 0.253 e. The Morgan fingerprint density at radius 1 is 1.21 bits per heavy atom. The molecule has 1 atom stereocenters. The summed E-state index contributed by atoms with van der Waals surface area (Å²) in [5, 5.41) is 0. The van der Waals surface area contributed by atoms with Gasteiger partial charge < -0.3 is 9.47 Å². The Morgan fingerprint density at radius 2 is 2.00 bits per heavy atom. The highest BCUT2D eigenvalue weighted by atomic mass is 16.2. The van der Waals surface area contributed by atoms with Crippen molar-refractivity contribution in [1.82, 2.24) is 19.4 Å². The first-order chi connectivity index (χ1) is 11.6. The maximum absolute atomic E-state index is 12.7. The Morgan fingerprint density at radius 3 is 2.75 bits per heavy atom. The van der Waals surface area contributed by atoms with Crippen molar-refractivity contribution in [3.05, 3.63) is 59.5 Å². The summed E-state index contributed by atoms with van der Waals surface area (Å²) in [6.07, 6.45) is 2.73. The van der Waals surface area contributed by atoms with Gasteiger partial charge in [-0.15, -0.1) is 0 Å². The van der Waals surface area contributed by atoms with Crippen LogP contribution in [0.4, 0.5) is 0 Å². The number of likely N-dealkylation sites (tertiary alicyclic amines) is 1. The van der Waals surface area contributed by atoms with Crippen LogP contribution in [0.2, 0.25) is 0 Å². The average molecular weight is 320 g/mol. The predicted octanol–water partition coefficient (Wildman–Crippen LogP) is 2.91. The van der Waals surface area contributed by atoms with E-state index in [0.717, 1.165) is 41.1 Å². The second-order valence-corrected chi connectivity index (χ2v) is 6.48. The van der Waals surface area contributed by atoms with Crippen molar-refractivity contribution >= 4 is 17.1 Å². The Kier molecular flexibility index (Phi) is 3.56. The van der Waals surface area contributed by atoms with Crippen LogP contribution in [0.25, 0.3) is 11.2 Å². The van der Waals surface area contributed by atoms with Gasteiger partial charge >= 0.3 is 0 Å². The molecule has 0 radical (unpaired) electrons. The van der Waals surface area contributed by atoms with Crippen molar-refractivity contribution in [2.45, 2.75) is 19.3 Å². The highest BCUT2D eigenvalue weighted by molar-refractivity contribution is 5.94. The third-order valence-electron chi connectivity index (χ3n) is 4.80. The van der Waals surface area contributed by atoms with Gasteiger partial charge in [-0.05, 0) is 37.6 Å². The molecule has 24 heavy (non-hydrogen) atoms. The van der Waals surface area contributed by atoms with Gasteiger partial charge in [-0.25, -0.2) is 9.97 Å². The standard InChI is InChI=1S/C19H20N4O/c1-13-5-7-14(8-6-13)19(24)23-11-9-15(12-23)17-21-16-4-3-10-20-18(16)22(17)2/h3-8,10,15H,9,11-12H2,1-2H3. The first kappa shape index (κ1) is 14.9. The van der Waals surface area contributed by atoms with E-state index in [9.17, 15) is 4.79 Å². The van der Waals surface area contributed by atoms with E-state index in [1.54, 1.807) is 6.20 Å². The number of carbonyl (C=O) groups excluding carboxylic acids is 1. The number of carbonyl (C=O) groups is 1. The largest absolute Gasteiger partial charge is 0.338 e. The van der Waals surface area contributed by atoms with E-state index < -0.39 is 0 Å². The summed E-state index contributed by atoms with van der Waals surface area (Å²) in [7, 11) is 2.00. The molecule has 1 amide bonds. The molecule has 2 aromatic heterocycles. The second-order valence-electron chi connectivity index (χ2n) is 6.48. The summed E-state index contributed by atoms with van der Waals surface area (Å²) in [5.74, 6) is 1.39. The van der Waals surface area contributed by atoms with Crippen LogP contribution in [-0.2, 0) is 7.05 Å². The molecule has 0 spiro atoms. The molecule has 1 unspecified atom stereocenters. The molecule has 4 rings (SSSR count). The predicted molar refractivity (Wildman–Crippen MR) is 92.9 cm³/mol. The Hall–Kier alpha value is -2.69.